The second-order valence-electron chi connectivity index (χ2n) is 6.75. The standard InChI is InChI=1S/C22H22N4O2/c1-14(2)19-9-4-5-10-20(19)26-21(28)17-12-23-22(24-13-17)25-18-8-6-7-16(11-18)15(3)27/h4-14H,1-3H3,(H,26,28)(H,23,24,25). The predicted molar refractivity (Wildman–Crippen MR) is 110 cm³/mol. The van der Waals surface area contributed by atoms with Crippen LogP contribution in [0.4, 0.5) is 17.3 Å². The van der Waals surface area contributed by atoms with Crippen LogP contribution in [-0.4, -0.2) is 21.7 Å². The fourth-order valence-electron chi connectivity index (χ4n) is 2.76. The van der Waals surface area contributed by atoms with E-state index >= 15 is 0 Å². The molecule has 6 nitrogen and oxygen atoms in total. The molecule has 0 spiro atoms. The summed E-state index contributed by atoms with van der Waals surface area (Å²) in [5.74, 6) is 0.362. The monoisotopic (exact) mass is 374 g/mol. The molecule has 0 aliphatic rings. The first-order valence-electron chi connectivity index (χ1n) is 9.04. The Kier molecular flexibility index (Phi) is 5.79. The van der Waals surface area contributed by atoms with Gasteiger partial charge in [-0.15, -0.1) is 0 Å². The Hall–Kier alpha value is -3.54. The number of nitrogens with one attached hydrogen (secondary N) is 2. The quantitative estimate of drug-likeness (QED) is 0.606. The van der Waals surface area contributed by atoms with E-state index in [0.29, 0.717) is 28.7 Å². The van der Waals surface area contributed by atoms with Gasteiger partial charge >= 0.3 is 0 Å². The van der Waals surface area contributed by atoms with Crippen LogP contribution in [0.15, 0.2) is 60.9 Å². The maximum absolute atomic E-state index is 12.5. The Morgan fingerprint density at radius 1 is 0.929 bits per heavy atom. The van der Waals surface area contributed by atoms with Crippen molar-refractivity contribution in [3.63, 3.8) is 0 Å². The van der Waals surface area contributed by atoms with E-state index in [1.54, 1.807) is 18.2 Å². The summed E-state index contributed by atoms with van der Waals surface area (Å²) in [6.07, 6.45) is 2.94. The molecule has 0 aliphatic heterocycles. The van der Waals surface area contributed by atoms with Crippen molar-refractivity contribution < 1.29 is 9.59 Å². The number of hydrogen-bond donors (Lipinski definition) is 2. The van der Waals surface area contributed by atoms with Crippen molar-refractivity contribution in [1.82, 2.24) is 9.97 Å². The molecule has 1 aromatic heterocycles. The van der Waals surface area contributed by atoms with Crippen LogP contribution in [0, 0.1) is 0 Å². The van der Waals surface area contributed by atoms with Crippen molar-refractivity contribution in [3.05, 3.63) is 77.6 Å². The van der Waals surface area contributed by atoms with Crippen molar-refractivity contribution in [2.45, 2.75) is 26.7 Å². The fourth-order valence-corrected chi connectivity index (χ4v) is 2.76. The molecule has 0 radical (unpaired) electrons. The summed E-state index contributed by atoms with van der Waals surface area (Å²) in [4.78, 5) is 32.4. The van der Waals surface area contributed by atoms with E-state index in [1.807, 2.05) is 30.3 Å². The van der Waals surface area contributed by atoms with E-state index in [2.05, 4.69) is 34.4 Å². The maximum Gasteiger partial charge on any atom is 0.258 e. The minimum absolute atomic E-state index is 0.0155. The van der Waals surface area contributed by atoms with Crippen LogP contribution in [0.5, 0.6) is 0 Å². The van der Waals surface area contributed by atoms with Crippen LogP contribution < -0.4 is 10.6 Å². The molecule has 6 heteroatoms. The van der Waals surface area contributed by atoms with Gasteiger partial charge in [0.2, 0.25) is 5.95 Å². The number of carbonyl (C=O) groups is 2. The lowest BCUT2D eigenvalue weighted by Crippen LogP contribution is -2.14. The van der Waals surface area contributed by atoms with Crippen LogP contribution in [-0.2, 0) is 0 Å². The van der Waals surface area contributed by atoms with Gasteiger partial charge in [0.05, 0.1) is 5.56 Å². The van der Waals surface area contributed by atoms with Crippen LogP contribution in [0.1, 0.15) is 53.0 Å². The Bertz CT molecular complexity index is 997. The molecule has 3 rings (SSSR count). The lowest BCUT2D eigenvalue weighted by molar-refractivity contribution is 0.101. The SMILES string of the molecule is CC(=O)c1cccc(Nc2ncc(C(=O)Nc3ccccc3C(C)C)cn2)c1. The maximum atomic E-state index is 12.5. The molecule has 3 aromatic rings. The average molecular weight is 374 g/mol. The van der Waals surface area contributed by atoms with Gasteiger partial charge < -0.3 is 10.6 Å². The minimum Gasteiger partial charge on any atom is -0.324 e. The first-order chi connectivity index (χ1) is 13.4. The number of amides is 1. The highest BCUT2D eigenvalue weighted by Crippen LogP contribution is 2.24. The predicted octanol–water partition coefficient (Wildman–Crippen LogP) is 4.80. The first-order valence-corrected chi connectivity index (χ1v) is 9.04. The molecular weight excluding hydrogens is 352 g/mol. The molecule has 28 heavy (non-hydrogen) atoms. The highest BCUT2D eigenvalue weighted by molar-refractivity contribution is 6.04. The van der Waals surface area contributed by atoms with E-state index in [1.165, 1.54) is 19.3 Å². The van der Waals surface area contributed by atoms with Gasteiger partial charge in [-0.25, -0.2) is 9.97 Å². The molecule has 142 valence electrons. The van der Waals surface area contributed by atoms with Crippen molar-refractivity contribution in [2.24, 2.45) is 0 Å². The highest BCUT2D eigenvalue weighted by Gasteiger charge is 2.12. The van der Waals surface area contributed by atoms with Crippen molar-refractivity contribution in [1.29, 1.82) is 0 Å². The summed E-state index contributed by atoms with van der Waals surface area (Å²) in [7, 11) is 0. The van der Waals surface area contributed by atoms with E-state index < -0.39 is 0 Å². The molecule has 0 atom stereocenters. The second kappa shape index (κ2) is 8.43. The summed E-state index contributed by atoms with van der Waals surface area (Å²) in [6.45, 7) is 5.67. The molecule has 2 aromatic carbocycles. The van der Waals surface area contributed by atoms with E-state index in [0.717, 1.165) is 11.3 Å². The van der Waals surface area contributed by atoms with E-state index in [-0.39, 0.29) is 11.7 Å². The molecule has 0 bridgehead atoms. The van der Waals surface area contributed by atoms with Gasteiger partial charge in [0.25, 0.3) is 5.91 Å². The number of Topliss-reactive ketones (excluding diaryl/α,β-unsaturated/α-hetero) is 1. The summed E-state index contributed by atoms with van der Waals surface area (Å²) in [5, 5.41) is 5.95. The molecular formula is C22H22N4O2. The molecule has 0 saturated heterocycles. The molecule has 0 aliphatic carbocycles. The minimum atomic E-state index is -0.266. The van der Waals surface area contributed by atoms with Crippen LogP contribution in [0.3, 0.4) is 0 Å². The smallest absolute Gasteiger partial charge is 0.258 e. The van der Waals surface area contributed by atoms with Crippen molar-refractivity contribution in [3.8, 4) is 0 Å². The number of rotatable bonds is 6. The molecule has 2 N–H and O–H groups in total. The molecule has 1 heterocycles. The van der Waals surface area contributed by atoms with Gasteiger partial charge in [-0.1, -0.05) is 44.2 Å². The summed E-state index contributed by atoms with van der Waals surface area (Å²) in [6, 6.07) is 14.8. The highest BCUT2D eigenvalue weighted by atomic mass is 16.1. The number of para-hydroxylation sites is 1. The average Bonchev–Trinajstić information content (AvgIpc) is 2.69. The number of nitrogens with zero attached hydrogens (tertiary/aromatic N) is 2. The number of benzene rings is 2. The third-order valence-electron chi connectivity index (χ3n) is 4.27. The number of anilines is 3. The Morgan fingerprint density at radius 3 is 2.32 bits per heavy atom. The van der Waals surface area contributed by atoms with Crippen LogP contribution in [0.2, 0.25) is 0 Å². The van der Waals surface area contributed by atoms with Gasteiger partial charge in [-0.05, 0) is 36.6 Å². The first kappa shape index (κ1) is 19.2. The van der Waals surface area contributed by atoms with Crippen molar-refractivity contribution in [2.75, 3.05) is 10.6 Å². The zero-order valence-corrected chi connectivity index (χ0v) is 16.1. The van der Waals surface area contributed by atoms with Crippen LogP contribution >= 0.6 is 0 Å². The third-order valence-corrected chi connectivity index (χ3v) is 4.27. The number of ketones is 1. The summed E-state index contributed by atoms with van der Waals surface area (Å²) < 4.78 is 0. The fraction of sp³-hybridized carbons (Fsp3) is 0.182. The van der Waals surface area contributed by atoms with Gasteiger partial charge in [0, 0.05) is 29.3 Å². The Balaban J connectivity index is 1.71. The zero-order chi connectivity index (χ0) is 20.1. The lowest BCUT2D eigenvalue weighted by Gasteiger charge is -2.13. The molecule has 0 unspecified atom stereocenters. The van der Waals surface area contributed by atoms with Gasteiger partial charge in [0.1, 0.15) is 0 Å². The number of aromatic nitrogens is 2. The second-order valence-corrected chi connectivity index (χ2v) is 6.75. The molecule has 1 amide bonds. The Morgan fingerprint density at radius 2 is 1.64 bits per heavy atom. The van der Waals surface area contributed by atoms with Crippen molar-refractivity contribution >= 4 is 29.0 Å². The molecule has 0 saturated carbocycles. The normalized spacial score (nSPS) is 10.6. The van der Waals surface area contributed by atoms with Gasteiger partial charge in [0.15, 0.2) is 5.78 Å². The lowest BCUT2D eigenvalue weighted by atomic mass is 10.0. The van der Waals surface area contributed by atoms with E-state index in [9.17, 15) is 9.59 Å². The summed E-state index contributed by atoms with van der Waals surface area (Å²) >= 11 is 0. The zero-order valence-electron chi connectivity index (χ0n) is 16.1. The van der Waals surface area contributed by atoms with Crippen LogP contribution in [0.25, 0.3) is 0 Å². The third kappa shape index (κ3) is 4.59. The number of carbonyl (C=O) groups excluding carboxylic acids is 2. The largest absolute Gasteiger partial charge is 0.324 e. The van der Waals surface area contributed by atoms with E-state index in [4.69, 9.17) is 0 Å². The number of hydrogen-bond acceptors (Lipinski definition) is 5. The summed E-state index contributed by atoms with van der Waals surface area (Å²) in [5.41, 5.74) is 3.52. The topological polar surface area (TPSA) is 84.0 Å². The Labute approximate surface area is 164 Å². The molecule has 0 fully saturated rings. The van der Waals surface area contributed by atoms with Gasteiger partial charge in [-0.3, -0.25) is 9.59 Å². The van der Waals surface area contributed by atoms with Gasteiger partial charge in [-0.2, -0.15) is 0 Å².